The molecule has 1 fully saturated rings. The van der Waals surface area contributed by atoms with Gasteiger partial charge in [-0.2, -0.15) is 20.5 Å². The van der Waals surface area contributed by atoms with Gasteiger partial charge in [-0.3, -0.25) is 9.67 Å². The topological polar surface area (TPSA) is 72.3 Å². The quantitative estimate of drug-likeness (QED) is 0.759. The second-order valence-corrected chi connectivity index (χ2v) is 6.58. The van der Waals surface area contributed by atoms with E-state index >= 15 is 0 Å². The molecule has 3 aromatic heterocycles. The first kappa shape index (κ1) is 13.6. The van der Waals surface area contributed by atoms with E-state index in [1.807, 2.05) is 29.3 Å². The molecule has 0 aromatic carbocycles. The molecular formula is C15H15BrN6. The molecule has 0 aliphatic heterocycles. The van der Waals surface area contributed by atoms with Gasteiger partial charge in [-0.15, -0.1) is 0 Å². The van der Waals surface area contributed by atoms with Gasteiger partial charge in [-0.1, -0.05) is 12.8 Å². The number of hydrogen-bond donors (Lipinski definition) is 1. The third kappa shape index (κ3) is 2.81. The summed E-state index contributed by atoms with van der Waals surface area (Å²) in [4.78, 5) is 4.57. The molecule has 6 nitrogen and oxygen atoms in total. The van der Waals surface area contributed by atoms with Crippen molar-refractivity contribution in [3.63, 3.8) is 0 Å². The van der Waals surface area contributed by atoms with Gasteiger partial charge in [0.05, 0.1) is 24.1 Å². The van der Waals surface area contributed by atoms with Gasteiger partial charge < -0.3 is 0 Å². The third-order valence-electron chi connectivity index (χ3n) is 3.98. The lowest BCUT2D eigenvalue weighted by atomic mass is 10.1. The van der Waals surface area contributed by atoms with Gasteiger partial charge in [0, 0.05) is 22.4 Å². The average Bonchev–Trinajstić information content (AvgIpc) is 3.02. The van der Waals surface area contributed by atoms with E-state index in [0.717, 1.165) is 33.8 Å². The minimum atomic E-state index is 0.168. The summed E-state index contributed by atoms with van der Waals surface area (Å²) in [5.41, 5.74) is 2.82. The van der Waals surface area contributed by atoms with Crippen LogP contribution in [0.5, 0.6) is 0 Å². The van der Waals surface area contributed by atoms with Crippen LogP contribution >= 0.6 is 15.9 Å². The van der Waals surface area contributed by atoms with Crippen molar-refractivity contribution in [3.05, 3.63) is 47.1 Å². The van der Waals surface area contributed by atoms with Crippen LogP contribution in [0, 0.1) is 5.92 Å². The maximum Gasteiger partial charge on any atom is 0.115 e. The van der Waals surface area contributed by atoms with Gasteiger partial charge in [0.25, 0.3) is 0 Å². The molecule has 0 radical (unpaired) electrons. The van der Waals surface area contributed by atoms with Crippen LogP contribution in [0.4, 0.5) is 0 Å². The summed E-state index contributed by atoms with van der Waals surface area (Å²) < 4.78 is 2.99. The second-order valence-electron chi connectivity index (χ2n) is 5.66. The van der Waals surface area contributed by atoms with Crippen molar-refractivity contribution in [2.75, 3.05) is 0 Å². The van der Waals surface area contributed by atoms with Crippen LogP contribution in [0.15, 0.2) is 41.4 Å². The van der Waals surface area contributed by atoms with Crippen LogP contribution in [0.25, 0.3) is 11.3 Å². The highest BCUT2D eigenvalue weighted by atomic mass is 79.9. The molecule has 22 heavy (non-hydrogen) atoms. The highest BCUT2D eigenvalue weighted by Crippen LogP contribution is 2.39. The lowest BCUT2D eigenvalue weighted by molar-refractivity contribution is 0.455. The molecular weight excluding hydrogens is 344 g/mol. The highest BCUT2D eigenvalue weighted by molar-refractivity contribution is 9.10. The second kappa shape index (κ2) is 5.64. The van der Waals surface area contributed by atoms with Crippen molar-refractivity contribution in [2.24, 2.45) is 5.92 Å². The SMILES string of the molecule is Brc1ccc(C(CC2CC2)n2cc(-c3cn[nH]n3)cn2)nc1. The van der Waals surface area contributed by atoms with Crippen LogP contribution in [0.2, 0.25) is 0 Å². The van der Waals surface area contributed by atoms with Gasteiger partial charge in [0.2, 0.25) is 0 Å². The van der Waals surface area contributed by atoms with E-state index in [0.29, 0.717) is 0 Å². The van der Waals surface area contributed by atoms with E-state index < -0.39 is 0 Å². The lowest BCUT2D eigenvalue weighted by Crippen LogP contribution is -2.13. The molecule has 1 unspecified atom stereocenters. The smallest absolute Gasteiger partial charge is 0.115 e. The fourth-order valence-electron chi connectivity index (χ4n) is 2.60. The van der Waals surface area contributed by atoms with Crippen molar-refractivity contribution < 1.29 is 0 Å². The van der Waals surface area contributed by atoms with Crippen LogP contribution < -0.4 is 0 Å². The molecule has 0 saturated heterocycles. The Hall–Kier alpha value is -2.02. The Morgan fingerprint density at radius 3 is 2.86 bits per heavy atom. The fourth-order valence-corrected chi connectivity index (χ4v) is 2.83. The third-order valence-corrected chi connectivity index (χ3v) is 4.45. The average molecular weight is 359 g/mol. The standard InChI is InChI=1S/C15H15BrN6/c16-12-3-4-13(17-7-12)15(5-10-1-2-10)22-9-11(6-19-22)14-8-18-21-20-14/h3-4,6-10,15H,1-2,5H2,(H,18,20,21). The Labute approximate surface area is 136 Å². The van der Waals surface area contributed by atoms with Crippen molar-refractivity contribution in [1.29, 1.82) is 0 Å². The summed E-state index contributed by atoms with van der Waals surface area (Å²) >= 11 is 3.44. The van der Waals surface area contributed by atoms with Gasteiger partial charge >= 0.3 is 0 Å². The fraction of sp³-hybridized carbons (Fsp3) is 0.333. The summed E-state index contributed by atoms with van der Waals surface area (Å²) in [5.74, 6) is 0.787. The molecule has 1 saturated carbocycles. The molecule has 0 spiro atoms. The number of hydrogen-bond acceptors (Lipinski definition) is 4. The Balaban J connectivity index is 1.66. The number of nitrogens with zero attached hydrogens (tertiary/aromatic N) is 5. The van der Waals surface area contributed by atoms with Gasteiger partial charge in [0.1, 0.15) is 5.69 Å². The van der Waals surface area contributed by atoms with E-state index in [2.05, 4.69) is 47.5 Å². The first-order chi connectivity index (χ1) is 10.8. The Morgan fingerprint density at radius 1 is 1.27 bits per heavy atom. The van der Waals surface area contributed by atoms with Crippen LogP contribution in [0.1, 0.15) is 31.0 Å². The predicted octanol–water partition coefficient (Wildman–Crippen LogP) is 3.22. The molecule has 3 aromatic rings. The summed E-state index contributed by atoms with van der Waals surface area (Å²) in [6.45, 7) is 0. The summed E-state index contributed by atoms with van der Waals surface area (Å²) in [6.07, 6.45) is 11.1. The number of halogens is 1. The molecule has 1 N–H and O–H groups in total. The first-order valence-corrected chi connectivity index (χ1v) is 8.10. The molecule has 4 rings (SSSR count). The number of aromatic amines is 1. The first-order valence-electron chi connectivity index (χ1n) is 7.31. The number of nitrogens with one attached hydrogen (secondary N) is 1. The molecule has 7 heteroatoms. The number of rotatable bonds is 5. The van der Waals surface area contributed by atoms with Gasteiger partial charge in [0.15, 0.2) is 0 Å². The van der Waals surface area contributed by atoms with E-state index in [9.17, 15) is 0 Å². The zero-order valence-electron chi connectivity index (χ0n) is 11.9. The summed E-state index contributed by atoms with van der Waals surface area (Å²) in [6, 6.07) is 4.26. The summed E-state index contributed by atoms with van der Waals surface area (Å²) in [5, 5.41) is 15.1. The van der Waals surface area contributed by atoms with Gasteiger partial charge in [-0.05, 0) is 40.4 Å². The normalized spacial score (nSPS) is 15.9. The minimum Gasteiger partial charge on any atom is -0.263 e. The number of H-pyrrole nitrogens is 1. The zero-order chi connectivity index (χ0) is 14.9. The Kier molecular flexibility index (Phi) is 3.49. The van der Waals surface area contributed by atoms with E-state index in [4.69, 9.17) is 0 Å². The molecule has 1 aliphatic carbocycles. The number of aromatic nitrogens is 6. The van der Waals surface area contributed by atoms with Crippen molar-refractivity contribution in [1.82, 2.24) is 30.2 Å². The van der Waals surface area contributed by atoms with E-state index in [1.165, 1.54) is 12.8 Å². The van der Waals surface area contributed by atoms with Gasteiger partial charge in [-0.25, -0.2) is 0 Å². The molecule has 3 heterocycles. The summed E-state index contributed by atoms with van der Waals surface area (Å²) in [7, 11) is 0. The molecule has 1 aliphatic rings. The van der Waals surface area contributed by atoms with Crippen molar-refractivity contribution in [3.8, 4) is 11.3 Å². The van der Waals surface area contributed by atoms with Crippen molar-refractivity contribution >= 4 is 15.9 Å². The number of pyridine rings is 1. The van der Waals surface area contributed by atoms with Crippen LogP contribution in [0.3, 0.4) is 0 Å². The highest BCUT2D eigenvalue weighted by Gasteiger charge is 2.28. The van der Waals surface area contributed by atoms with Crippen LogP contribution in [-0.4, -0.2) is 30.2 Å². The Morgan fingerprint density at radius 2 is 2.18 bits per heavy atom. The van der Waals surface area contributed by atoms with E-state index in [1.54, 1.807) is 6.20 Å². The largest absolute Gasteiger partial charge is 0.263 e. The maximum absolute atomic E-state index is 4.57. The molecule has 0 amide bonds. The lowest BCUT2D eigenvalue weighted by Gasteiger charge is -2.17. The Bertz CT molecular complexity index is 745. The van der Waals surface area contributed by atoms with E-state index in [-0.39, 0.29) is 6.04 Å². The van der Waals surface area contributed by atoms with Crippen LogP contribution in [-0.2, 0) is 0 Å². The monoisotopic (exact) mass is 358 g/mol. The zero-order valence-corrected chi connectivity index (χ0v) is 13.4. The predicted molar refractivity (Wildman–Crippen MR) is 85.0 cm³/mol. The maximum atomic E-state index is 4.57. The minimum absolute atomic E-state index is 0.168. The molecule has 112 valence electrons. The van der Waals surface area contributed by atoms with Crippen molar-refractivity contribution in [2.45, 2.75) is 25.3 Å². The molecule has 0 bridgehead atoms. The molecule has 1 atom stereocenters.